The molecule has 3 aromatic carbocycles. The third-order valence-electron chi connectivity index (χ3n) is 8.11. The Bertz CT molecular complexity index is 1680. The molecule has 1 aliphatic rings. The average molecular weight is 740 g/mol. The van der Waals surface area contributed by atoms with Gasteiger partial charge < -0.3 is 9.80 Å². The summed E-state index contributed by atoms with van der Waals surface area (Å²) >= 11 is 12.4. The highest BCUT2D eigenvalue weighted by Crippen LogP contribution is 2.37. The summed E-state index contributed by atoms with van der Waals surface area (Å²) in [7, 11) is -2.05. The number of piperazine rings is 1. The number of amides is 1. The normalized spacial score (nSPS) is 15.4. The van der Waals surface area contributed by atoms with Crippen molar-refractivity contribution in [2.45, 2.75) is 31.2 Å². The van der Waals surface area contributed by atoms with Crippen molar-refractivity contribution in [3.8, 4) is 0 Å². The predicted octanol–water partition coefficient (Wildman–Crippen LogP) is 7.15. The van der Waals surface area contributed by atoms with Gasteiger partial charge >= 0.3 is 12.4 Å². The summed E-state index contributed by atoms with van der Waals surface area (Å²) in [4.78, 5) is 18.8. The highest BCUT2D eigenvalue weighted by Gasteiger charge is 2.38. The van der Waals surface area contributed by atoms with Crippen LogP contribution in [-0.2, 0) is 28.9 Å². The van der Waals surface area contributed by atoms with Crippen molar-refractivity contribution in [3.63, 3.8) is 0 Å². The molecule has 1 saturated heterocycles. The molecule has 1 N–H and O–H groups in total. The molecule has 3 aromatic rings. The van der Waals surface area contributed by atoms with Crippen LogP contribution in [0.5, 0.6) is 0 Å². The van der Waals surface area contributed by atoms with Gasteiger partial charge in [0.2, 0.25) is 10.0 Å². The number of nitrogens with one attached hydrogen (secondary N) is 1. The number of anilines is 1. The molecule has 1 amide bonds. The molecule has 4 rings (SSSR count). The Morgan fingerprint density at radius 2 is 1.50 bits per heavy atom. The van der Waals surface area contributed by atoms with Gasteiger partial charge in [0.1, 0.15) is 0 Å². The van der Waals surface area contributed by atoms with Crippen LogP contribution in [0.1, 0.15) is 45.0 Å². The number of rotatable bonds is 11. The number of likely N-dealkylation sites (N-methyl/N-ethyl adjacent to an activating group) is 1. The maximum Gasteiger partial charge on any atom is 0.416 e. The van der Waals surface area contributed by atoms with Gasteiger partial charge in [0.25, 0.3) is 5.91 Å². The van der Waals surface area contributed by atoms with E-state index in [9.17, 15) is 39.6 Å². The summed E-state index contributed by atoms with van der Waals surface area (Å²) in [5.74, 6) is -1.38. The van der Waals surface area contributed by atoms with E-state index in [0.29, 0.717) is 61.9 Å². The molecule has 1 unspecified atom stereocenters. The second-order valence-corrected chi connectivity index (χ2v) is 14.3. The van der Waals surface area contributed by atoms with Gasteiger partial charge in [-0.15, -0.1) is 0 Å². The molecular weight excluding hydrogens is 705 g/mol. The molecule has 0 radical (unpaired) electrons. The van der Waals surface area contributed by atoms with Crippen LogP contribution in [-0.4, -0.2) is 76.7 Å². The third-order valence-corrected chi connectivity index (χ3v) is 9.52. The molecule has 0 aliphatic carbocycles. The van der Waals surface area contributed by atoms with Crippen LogP contribution in [0.3, 0.4) is 0 Å². The zero-order valence-corrected chi connectivity index (χ0v) is 28.3. The van der Waals surface area contributed by atoms with Crippen LogP contribution in [0.4, 0.5) is 32.0 Å². The van der Waals surface area contributed by atoms with Crippen LogP contribution < -0.4 is 9.62 Å². The molecule has 0 bridgehead atoms. The molecule has 7 nitrogen and oxygen atoms in total. The second-order valence-electron chi connectivity index (χ2n) is 11.7. The predicted molar refractivity (Wildman–Crippen MR) is 174 cm³/mol. The Morgan fingerprint density at radius 1 is 0.896 bits per heavy atom. The minimum atomic E-state index is -5.09. The number of benzene rings is 3. The van der Waals surface area contributed by atoms with Crippen LogP contribution >= 0.6 is 23.2 Å². The topological polar surface area (TPSA) is 73.0 Å². The van der Waals surface area contributed by atoms with E-state index in [2.05, 4.69) is 14.5 Å². The zero-order valence-electron chi connectivity index (χ0n) is 26.0. The SMILES string of the molecule is CN(CC(CCN1CCN(c2ccccc2CNS(C)(=O)=O)CC1)c1ccc(Cl)c(Cl)c1)C(=O)c1cc(C(F)(F)F)cc(C(F)(F)F)c1. The molecule has 1 heterocycles. The molecule has 0 spiro atoms. The number of hydrogen-bond donors (Lipinski definition) is 1. The second kappa shape index (κ2) is 15.2. The molecule has 0 aromatic heterocycles. The minimum absolute atomic E-state index is 0.0137. The number of alkyl halides is 6. The molecular formula is C32H34Cl2F6N4O3S. The number of carbonyl (C=O) groups is 1. The van der Waals surface area contributed by atoms with Gasteiger partial charge in [0, 0.05) is 63.5 Å². The van der Waals surface area contributed by atoms with Crippen molar-refractivity contribution >= 4 is 44.8 Å². The fraction of sp³-hybridized carbons (Fsp3) is 0.406. The number of hydrogen-bond acceptors (Lipinski definition) is 5. The van der Waals surface area contributed by atoms with Gasteiger partial charge in [-0.1, -0.05) is 47.5 Å². The molecule has 1 aliphatic heterocycles. The number of nitrogens with zero attached hydrogens (tertiary/aromatic N) is 3. The Balaban J connectivity index is 1.48. The third kappa shape index (κ3) is 10.2. The first-order valence-electron chi connectivity index (χ1n) is 14.8. The van der Waals surface area contributed by atoms with Crippen molar-refractivity contribution < 1.29 is 39.6 Å². The minimum Gasteiger partial charge on any atom is -0.369 e. The maximum absolute atomic E-state index is 13.4. The molecule has 16 heteroatoms. The van der Waals surface area contributed by atoms with Gasteiger partial charge in [0.05, 0.1) is 27.4 Å². The van der Waals surface area contributed by atoms with Gasteiger partial charge in [-0.05, 0) is 60.5 Å². The monoisotopic (exact) mass is 738 g/mol. The van der Waals surface area contributed by atoms with Gasteiger partial charge in [-0.2, -0.15) is 26.3 Å². The quantitative estimate of drug-likeness (QED) is 0.212. The van der Waals surface area contributed by atoms with Crippen molar-refractivity contribution in [2.75, 3.05) is 57.5 Å². The van der Waals surface area contributed by atoms with Crippen LogP contribution in [0.15, 0.2) is 60.7 Å². The average Bonchev–Trinajstić information content (AvgIpc) is 3.02. The first-order chi connectivity index (χ1) is 22.3. The van der Waals surface area contributed by atoms with Crippen molar-refractivity contribution in [1.29, 1.82) is 0 Å². The fourth-order valence-corrected chi connectivity index (χ4v) is 6.29. The standard InChI is InChI=1S/C32H34Cl2F6N4O3S/c1-42(30(45)24-15-25(31(35,36)37)18-26(16-24)32(38,39)40)20-23(21-7-8-27(33)28(34)17-21)9-10-43-11-13-44(14-12-43)29-6-4-3-5-22(29)19-41-48(2,46)47/h3-8,15-18,23,41H,9-14,19-20H2,1-2H3. The van der Waals surface area contributed by atoms with E-state index in [1.165, 1.54) is 7.05 Å². The fourth-order valence-electron chi connectivity index (χ4n) is 5.57. The van der Waals surface area contributed by atoms with Crippen molar-refractivity contribution in [3.05, 3.63) is 98.5 Å². The molecule has 1 atom stereocenters. The molecule has 262 valence electrons. The first kappa shape index (κ1) is 37.8. The summed E-state index contributed by atoms with van der Waals surface area (Å²) in [6.07, 6.45) is -8.59. The molecule has 1 fully saturated rings. The van der Waals surface area contributed by atoms with E-state index in [0.717, 1.165) is 22.4 Å². The lowest BCUT2D eigenvalue weighted by Gasteiger charge is -2.37. The molecule has 48 heavy (non-hydrogen) atoms. The van der Waals surface area contributed by atoms with E-state index in [4.69, 9.17) is 23.2 Å². The van der Waals surface area contributed by atoms with Crippen LogP contribution in [0.2, 0.25) is 10.0 Å². The highest BCUT2D eigenvalue weighted by molar-refractivity contribution is 7.88. The Labute approximate surface area is 285 Å². The zero-order chi connectivity index (χ0) is 35.4. The first-order valence-corrected chi connectivity index (χ1v) is 17.5. The number of halogens is 8. The smallest absolute Gasteiger partial charge is 0.369 e. The summed E-state index contributed by atoms with van der Waals surface area (Å²) < 4.78 is 106. The van der Waals surface area contributed by atoms with E-state index < -0.39 is 45.0 Å². The Morgan fingerprint density at radius 3 is 2.06 bits per heavy atom. The maximum atomic E-state index is 13.4. The van der Waals surface area contributed by atoms with E-state index in [-0.39, 0.29) is 30.1 Å². The van der Waals surface area contributed by atoms with Gasteiger partial charge in [0.15, 0.2) is 0 Å². The lowest BCUT2D eigenvalue weighted by molar-refractivity contribution is -0.143. The van der Waals surface area contributed by atoms with Crippen molar-refractivity contribution in [2.24, 2.45) is 0 Å². The van der Waals surface area contributed by atoms with E-state index in [1.807, 2.05) is 24.3 Å². The summed E-state index contributed by atoms with van der Waals surface area (Å²) in [5.41, 5.74) is -1.39. The lowest BCUT2D eigenvalue weighted by Crippen LogP contribution is -2.47. The number of carbonyl (C=O) groups excluding carboxylic acids is 1. The molecule has 0 saturated carbocycles. The Kier molecular flexibility index (Phi) is 12.0. The van der Waals surface area contributed by atoms with Crippen LogP contribution in [0.25, 0.3) is 0 Å². The number of sulfonamides is 1. The summed E-state index contributed by atoms with van der Waals surface area (Å²) in [6.45, 7) is 3.35. The number of para-hydroxylation sites is 1. The Hall–Kier alpha value is -3.04. The largest absolute Gasteiger partial charge is 0.416 e. The van der Waals surface area contributed by atoms with Gasteiger partial charge in [-0.25, -0.2) is 13.1 Å². The van der Waals surface area contributed by atoms with Crippen molar-refractivity contribution in [1.82, 2.24) is 14.5 Å². The highest BCUT2D eigenvalue weighted by atomic mass is 35.5. The van der Waals surface area contributed by atoms with Gasteiger partial charge in [-0.3, -0.25) is 9.69 Å². The summed E-state index contributed by atoms with van der Waals surface area (Å²) in [6, 6.07) is 13.3. The van der Waals surface area contributed by atoms with Crippen LogP contribution in [0, 0.1) is 0 Å². The summed E-state index contributed by atoms with van der Waals surface area (Å²) in [5, 5.41) is 0.564. The van der Waals surface area contributed by atoms with E-state index in [1.54, 1.807) is 18.2 Å². The van der Waals surface area contributed by atoms with E-state index >= 15 is 0 Å². The lowest BCUT2D eigenvalue weighted by atomic mass is 9.94.